The number of halogens is 1. The van der Waals surface area contributed by atoms with E-state index in [4.69, 9.17) is 9.47 Å². The van der Waals surface area contributed by atoms with Gasteiger partial charge in [0.2, 0.25) is 5.91 Å². The molecule has 2 amide bonds. The number of carbonyl (C=O) groups is 2. The second-order valence-electron chi connectivity index (χ2n) is 4.91. The molecule has 0 aromatic heterocycles. The number of amides is 2. The van der Waals surface area contributed by atoms with Gasteiger partial charge in [-0.25, -0.2) is 4.39 Å². The van der Waals surface area contributed by atoms with E-state index in [1.807, 2.05) is 0 Å². The first-order chi connectivity index (χ1) is 11.5. The molecule has 126 valence electrons. The van der Waals surface area contributed by atoms with Gasteiger partial charge in [-0.15, -0.1) is 0 Å². The van der Waals surface area contributed by atoms with Crippen molar-refractivity contribution in [1.82, 2.24) is 10.9 Å². The zero-order chi connectivity index (χ0) is 17.5. The van der Waals surface area contributed by atoms with E-state index in [1.54, 1.807) is 6.07 Å². The summed E-state index contributed by atoms with van der Waals surface area (Å²) in [5.74, 6) is -0.404. The topological polar surface area (TPSA) is 76.7 Å². The maximum absolute atomic E-state index is 12.8. The molecule has 0 radical (unpaired) electrons. The summed E-state index contributed by atoms with van der Waals surface area (Å²) in [6, 6.07) is 10.2. The molecule has 0 heterocycles. The standard InChI is InChI=1S/C17H17FN2O4/c1-23-14-8-12(9-15(10-14)24-2)17(22)20-19-16(21)7-11-3-5-13(18)6-4-11/h3-6,8-10H,7H2,1-2H3,(H,19,21)(H,20,22). The van der Waals surface area contributed by atoms with E-state index in [0.29, 0.717) is 17.1 Å². The Morgan fingerprint density at radius 1 is 0.958 bits per heavy atom. The Kier molecular flexibility index (Phi) is 5.73. The van der Waals surface area contributed by atoms with Crippen molar-refractivity contribution in [3.63, 3.8) is 0 Å². The maximum atomic E-state index is 12.8. The Labute approximate surface area is 138 Å². The van der Waals surface area contributed by atoms with Gasteiger partial charge in [0.25, 0.3) is 5.91 Å². The fraction of sp³-hybridized carbons (Fsp3) is 0.176. The van der Waals surface area contributed by atoms with Crippen molar-refractivity contribution in [2.24, 2.45) is 0 Å². The first-order valence-corrected chi connectivity index (χ1v) is 7.08. The molecular weight excluding hydrogens is 315 g/mol. The Hall–Kier alpha value is -3.09. The number of hydrogen-bond acceptors (Lipinski definition) is 4. The molecule has 0 atom stereocenters. The fourth-order valence-corrected chi connectivity index (χ4v) is 1.97. The Balaban J connectivity index is 1.94. The highest BCUT2D eigenvalue weighted by Crippen LogP contribution is 2.22. The summed E-state index contributed by atoms with van der Waals surface area (Å²) in [5.41, 5.74) is 5.52. The molecule has 0 bridgehead atoms. The van der Waals surface area contributed by atoms with Gasteiger partial charge in [0.1, 0.15) is 17.3 Å². The predicted molar refractivity (Wildman–Crippen MR) is 85.3 cm³/mol. The molecule has 0 aliphatic heterocycles. The number of hydrazine groups is 1. The zero-order valence-electron chi connectivity index (χ0n) is 13.3. The smallest absolute Gasteiger partial charge is 0.269 e. The molecule has 2 aromatic rings. The normalized spacial score (nSPS) is 9.96. The van der Waals surface area contributed by atoms with Gasteiger partial charge < -0.3 is 9.47 Å². The lowest BCUT2D eigenvalue weighted by Gasteiger charge is -2.10. The second-order valence-corrected chi connectivity index (χ2v) is 4.91. The van der Waals surface area contributed by atoms with Gasteiger partial charge in [-0.3, -0.25) is 20.4 Å². The largest absolute Gasteiger partial charge is 0.497 e. The molecular formula is C17H17FN2O4. The third-order valence-electron chi connectivity index (χ3n) is 3.21. The number of hydrogen-bond donors (Lipinski definition) is 2. The maximum Gasteiger partial charge on any atom is 0.269 e. The number of ether oxygens (including phenoxy) is 2. The van der Waals surface area contributed by atoms with E-state index in [0.717, 1.165) is 0 Å². The highest BCUT2D eigenvalue weighted by atomic mass is 19.1. The molecule has 24 heavy (non-hydrogen) atoms. The summed E-state index contributed by atoms with van der Waals surface area (Å²) >= 11 is 0. The van der Waals surface area contributed by atoms with Crippen LogP contribution in [0.1, 0.15) is 15.9 Å². The highest BCUT2D eigenvalue weighted by molar-refractivity contribution is 5.96. The van der Waals surface area contributed by atoms with Crippen LogP contribution in [-0.4, -0.2) is 26.0 Å². The van der Waals surface area contributed by atoms with Crippen LogP contribution in [0.4, 0.5) is 4.39 Å². The highest BCUT2D eigenvalue weighted by Gasteiger charge is 2.11. The number of nitrogens with one attached hydrogen (secondary N) is 2. The summed E-state index contributed by atoms with van der Waals surface area (Å²) < 4.78 is 23.0. The molecule has 2 N–H and O–H groups in total. The summed E-state index contributed by atoms with van der Waals surface area (Å²) in [6.45, 7) is 0. The molecule has 0 saturated heterocycles. The van der Waals surface area contributed by atoms with Crippen LogP contribution in [0.15, 0.2) is 42.5 Å². The lowest BCUT2D eigenvalue weighted by molar-refractivity contribution is -0.121. The van der Waals surface area contributed by atoms with Gasteiger partial charge in [0.05, 0.1) is 20.6 Å². The molecule has 2 aromatic carbocycles. The summed E-state index contributed by atoms with van der Waals surface area (Å²) in [6.07, 6.45) is 0.0159. The minimum Gasteiger partial charge on any atom is -0.497 e. The van der Waals surface area contributed by atoms with Crippen molar-refractivity contribution >= 4 is 11.8 Å². The van der Waals surface area contributed by atoms with Crippen LogP contribution in [0, 0.1) is 5.82 Å². The lowest BCUT2D eigenvalue weighted by Crippen LogP contribution is -2.42. The minimum absolute atomic E-state index is 0.0159. The van der Waals surface area contributed by atoms with Crippen molar-refractivity contribution < 1.29 is 23.5 Å². The molecule has 0 aliphatic carbocycles. The molecule has 0 unspecified atom stereocenters. The lowest BCUT2D eigenvalue weighted by atomic mass is 10.1. The number of benzene rings is 2. The monoisotopic (exact) mass is 332 g/mol. The van der Waals surface area contributed by atoms with Gasteiger partial charge in [0, 0.05) is 11.6 Å². The van der Waals surface area contributed by atoms with Gasteiger partial charge in [-0.2, -0.15) is 0 Å². The Morgan fingerprint density at radius 2 is 1.54 bits per heavy atom. The molecule has 0 fully saturated rings. The van der Waals surface area contributed by atoms with Crippen LogP contribution in [0.5, 0.6) is 11.5 Å². The van der Waals surface area contributed by atoms with E-state index in [9.17, 15) is 14.0 Å². The van der Waals surface area contributed by atoms with E-state index in [-0.39, 0.29) is 17.8 Å². The van der Waals surface area contributed by atoms with Crippen molar-refractivity contribution in [1.29, 1.82) is 0 Å². The van der Waals surface area contributed by atoms with Crippen LogP contribution in [0.25, 0.3) is 0 Å². The van der Waals surface area contributed by atoms with Crippen LogP contribution in [0.2, 0.25) is 0 Å². The zero-order valence-corrected chi connectivity index (χ0v) is 13.3. The van der Waals surface area contributed by atoms with Crippen molar-refractivity contribution in [2.45, 2.75) is 6.42 Å². The molecule has 0 aliphatic rings. The van der Waals surface area contributed by atoms with Crippen LogP contribution >= 0.6 is 0 Å². The first-order valence-electron chi connectivity index (χ1n) is 7.08. The minimum atomic E-state index is -0.514. The first kappa shape index (κ1) is 17.3. The van der Waals surface area contributed by atoms with Crippen molar-refractivity contribution in [3.05, 3.63) is 59.4 Å². The van der Waals surface area contributed by atoms with Gasteiger partial charge >= 0.3 is 0 Å². The van der Waals surface area contributed by atoms with Gasteiger partial charge in [-0.05, 0) is 29.8 Å². The summed E-state index contributed by atoms with van der Waals surface area (Å²) in [4.78, 5) is 23.9. The van der Waals surface area contributed by atoms with Crippen LogP contribution in [0.3, 0.4) is 0 Å². The third kappa shape index (κ3) is 4.70. The van der Waals surface area contributed by atoms with Gasteiger partial charge in [-0.1, -0.05) is 12.1 Å². The number of rotatable bonds is 5. The van der Waals surface area contributed by atoms with Crippen LogP contribution in [-0.2, 0) is 11.2 Å². The van der Waals surface area contributed by atoms with Crippen LogP contribution < -0.4 is 20.3 Å². The second kappa shape index (κ2) is 7.96. The average Bonchev–Trinajstić information content (AvgIpc) is 2.61. The molecule has 0 spiro atoms. The molecule has 6 nitrogen and oxygen atoms in total. The SMILES string of the molecule is COc1cc(OC)cc(C(=O)NNC(=O)Cc2ccc(F)cc2)c1. The summed E-state index contributed by atoms with van der Waals surface area (Å²) in [7, 11) is 2.95. The quantitative estimate of drug-likeness (QED) is 0.819. The average molecular weight is 332 g/mol. The predicted octanol–water partition coefficient (Wildman–Crippen LogP) is 1.85. The molecule has 0 saturated carbocycles. The molecule has 2 rings (SSSR count). The Bertz CT molecular complexity index is 710. The van der Waals surface area contributed by atoms with E-state index in [1.165, 1.54) is 50.6 Å². The van der Waals surface area contributed by atoms with E-state index in [2.05, 4.69) is 10.9 Å². The van der Waals surface area contributed by atoms with E-state index >= 15 is 0 Å². The molecule has 7 heteroatoms. The van der Waals surface area contributed by atoms with Crippen molar-refractivity contribution in [2.75, 3.05) is 14.2 Å². The van der Waals surface area contributed by atoms with Gasteiger partial charge in [0.15, 0.2) is 0 Å². The fourth-order valence-electron chi connectivity index (χ4n) is 1.97. The third-order valence-corrected chi connectivity index (χ3v) is 3.21. The number of carbonyl (C=O) groups excluding carboxylic acids is 2. The summed E-state index contributed by atoms with van der Waals surface area (Å²) in [5, 5.41) is 0. The van der Waals surface area contributed by atoms with E-state index < -0.39 is 11.8 Å². The van der Waals surface area contributed by atoms with Crippen molar-refractivity contribution in [3.8, 4) is 11.5 Å². The Morgan fingerprint density at radius 3 is 2.08 bits per heavy atom. The number of methoxy groups -OCH3 is 2.